The number of carbonyl (C=O) groups is 2. The van der Waals surface area contributed by atoms with Crippen molar-refractivity contribution >= 4 is 11.8 Å². The van der Waals surface area contributed by atoms with Crippen molar-refractivity contribution in [2.24, 2.45) is 5.92 Å². The summed E-state index contributed by atoms with van der Waals surface area (Å²) < 4.78 is 10.7. The number of ether oxygens (including phenoxy) is 1. The number of carbonyl (C=O) groups excluding carboxylic acids is 2. The van der Waals surface area contributed by atoms with E-state index in [0.29, 0.717) is 24.8 Å². The summed E-state index contributed by atoms with van der Waals surface area (Å²) in [4.78, 5) is 29.3. The lowest BCUT2D eigenvalue weighted by Gasteiger charge is -2.38. The van der Waals surface area contributed by atoms with E-state index >= 15 is 0 Å². The van der Waals surface area contributed by atoms with Gasteiger partial charge in [-0.1, -0.05) is 0 Å². The lowest BCUT2D eigenvalue weighted by Crippen LogP contribution is -2.51. The van der Waals surface area contributed by atoms with E-state index in [1.54, 1.807) is 12.1 Å². The zero-order valence-electron chi connectivity index (χ0n) is 13.9. The van der Waals surface area contributed by atoms with Crippen LogP contribution in [0.15, 0.2) is 22.8 Å². The van der Waals surface area contributed by atoms with E-state index in [2.05, 4.69) is 4.90 Å². The Balaban J connectivity index is 1.47. The van der Waals surface area contributed by atoms with Crippen LogP contribution in [0.3, 0.4) is 0 Å². The van der Waals surface area contributed by atoms with Gasteiger partial charge in [-0.15, -0.1) is 0 Å². The molecule has 0 aromatic carbocycles. The van der Waals surface area contributed by atoms with E-state index in [4.69, 9.17) is 9.15 Å². The fourth-order valence-electron chi connectivity index (χ4n) is 3.87. The highest BCUT2D eigenvalue weighted by Crippen LogP contribution is 2.35. The molecule has 1 unspecified atom stereocenters. The Hall–Kier alpha value is -1.82. The normalized spacial score (nSPS) is 25.0. The summed E-state index contributed by atoms with van der Waals surface area (Å²) in [5.41, 5.74) is 0. The Morgan fingerprint density at radius 3 is 2.54 bits per heavy atom. The van der Waals surface area contributed by atoms with E-state index in [9.17, 15) is 9.59 Å². The molecule has 1 aromatic rings. The molecule has 130 valence electrons. The highest BCUT2D eigenvalue weighted by molar-refractivity contribution is 5.91. The van der Waals surface area contributed by atoms with Crippen LogP contribution in [0.1, 0.15) is 42.7 Å². The van der Waals surface area contributed by atoms with Gasteiger partial charge in [-0.3, -0.25) is 9.59 Å². The van der Waals surface area contributed by atoms with Gasteiger partial charge in [0.25, 0.3) is 5.91 Å². The van der Waals surface area contributed by atoms with E-state index in [0.717, 1.165) is 45.3 Å². The van der Waals surface area contributed by atoms with Gasteiger partial charge in [0.2, 0.25) is 5.91 Å². The molecule has 2 saturated heterocycles. The number of hydrogen-bond acceptors (Lipinski definition) is 4. The maximum atomic E-state index is 12.9. The van der Waals surface area contributed by atoms with E-state index < -0.39 is 0 Å². The van der Waals surface area contributed by atoms with Gasteiger partial charge >= 0.3 is 0 Å². The largest absolute Gasteiger partial charge is 0.459 e. The van der Waals surface area contributed by atoms with Gasteiger partial charge < -0.3 is 19.0 Å². The molecule has 1 atom stereocenters. The molecule has 4 rings (SSSR count). The lowest BCUT2D eigenvalue weighted by molar-refractivity contribution is -0.139. The molecule has 3 heterocycles. The van der Waals surface area contributed by atoms with Crippen molar-refractivity contribution in [2.45, 2.75) is 44.2 Å². The Bertz CT molecular complexity index is 590. The summed E-state index contributed by atoms with van der Waals surface area (Å²) >= 11 is 0. The van der Waals surface area contributed by atoms with Crippen molar-refractivity contribution in [3.05, 3.63) is 24.2 Å². The molecular formula is C18H24N2O4. The average Bonchev–Trinajstić information content (AvgIpc) is 3.11. The van der Waals surface area contributed by atoms with Crippen LogP contribution in [0.25, 0.3) is 0 Å². The highest BCUT2D eigenvalue weighted by Gasteiger charge is 2.42. The maximum absolute atomic E-state index is 12.9. The molecule has 6 heteroatoms. The third-order valence-electron chi connectivity index (χ3n) is 5.34. The SMILES string of the molecule is O=C(c1ccco1)N1CCC(N(C(=O)C2CC2)C2CCOCC2)C1. The summed E-state index contributed by atoms with van der Waals surface area (Å²) in [5.74, 6) is 0.803. The third kappa shape index (κ3) is 3.07. The van der Waals surface area contributed by atoms with E-state index in [1.165, 1.54) is 6.26 Å². The first-order valence-corrected chi connectivity index (χ1v) is 8.96. The number of rotatable bonds is 4. The van der Waals surface area contributed by atoms with Crippen LogP contribution in [-0.4, -0.2) is 60.0 Å². The molecule has 0 bridgehead atoms. The number of furan rings is 1. The van der Waals surface area contributed by atoms with Crippen LogP contribution in [0, 0.1) is 5.92 Å². The fraction of sp³-hybridized carbons (Fsp3) is 0.667. The van der Waals surface area contributed by atoms with Gasteiger partial charge in [0, 0.05) is 38.3 Å². The molecule has 2 aliphatic heterocycles. The molecule has 0 N–H and O–H groups in total. The van der Waals surface area contributed by atoms with Gasteiger partial charge in [-0.05, 0) is 44.2 Å². The molecule has 1 saturated carbocycles. The van der Waals surface area contributed by atoms with Crippen LogP contribution >= 0.6 is 0 Å². The van der Waals surface area contributed by atoms with Crippen LogP contribution in [0.2, 0.25) is 0 Å². The minimum atomic E-state index is -0.0756. The van der Waals surface area contributed by atoms with Gasteiger partial charge in [0.15, 0.2) is 5.76 Å². The molecule has 2 amide bonds. The van der Waals surface area contributed by atoms with Crippen molar-refractivity contribution in [3.8, 4) is 0 Å². The fourth-order valence-corrected chi connectivity index (χ4v) is 3.87. The summed E-state index contributed by atoms with van der Waals surface area (Å²) in [6.07, 6.45) is 6.21. The topological polar surface area (TPSA) is 63.0 Å². The van der Waals surface area contributed by atoms with Crippen LogP contribution in [0.4, 0.5) is 0 Å². The molecule has 0 spiro atoms. The van der Waals surface area contributed by atoms with Gasteiger partial charge in [-0.25, -0.2) is 0 Å². The summed E-state index contributed by atoms with van der Waals surface area (Å²) in [6.45, 7) is 2.74. The summed E-state index contributed by atoms with van der Waals surface area (Å²) in [7, 11) is 0. The number of nitrogens with zero attached hydrogens (tertiary/aromatic N) is 2. The number of likely N-dealkylation sites (tertiary alicyclic amines) is 1. The predicted octanol–water partition coefficient (Wildman–Crippen LogP) is 1.91. The molecule has 1 aliphatic carbocycles. The van der Waals surface area contributed by atoms with Crippen molar-refractivity contribution in [3.63, 3.8) is 0 Å². The van der Waals surface area contributed by atoms with Crippen molar-refractivity contribution < 1.29 is 18.7 Å². The predicted molar refractivity (Wildman–Crippen MR) is 86.4 cm³/mol. The Labute approximate surface area is 141 Å². The molecule has 1 aromatic heterocycles. The van der Waals surface area contributed by atoms with E-state index in [-0.39, 0.29) is 23.9 Å². The monoisotopic (exact) mass is 332 g/mol. The molecule has 0 radical (unpaired) electrons. The summed E-state index contributed by atoms with van der Waals surface area (Å²) in [6, 6.07) is 3.81. The second-order valence-electron chi connectivity index (χ2n) is 7.03. The first kappa shape index (κ1) is 15.7. The minimum absolute atomic E-state index is 0.0756. The molecular weight excluding hydrogens is 308 g/mol. The van der Waals surface area contributed by atoms with Crippen molar-refractivity contribution in [2.75, 3.05) is 26.3 Å². The number of hydrogen-bond donors (Lipinski definition) is 0. The second-order valence-corrected chi connectivity index (χ2v) is 7.03. The molecule has 3 aliphatic rings. The Morgan fingerprint density at radius 2 is 1.88 bits per heavy atom. The van der Waals surface area contributed by atoms with Crippen LogP contribution in [0.5, 0.6) is 0 Å². The smallest absolute Gasteiger partial charge is 0.289 e. The average molecular weight is 332 g/mol. The maximum Gasteiger partial charge on any atom is 0.289 e. The van der Waals surface area contributed by atoms with Crippen molar-refractivity contribution in [1.82, 2.24) is 9.80 Å². The van der Waals surface area contributed by atoms with Gasteiger partial charge in [0.1, 0.15) is 0 Å². The quantitative estimate of drug-likeness (QED) is 0.845. The second kappa shape index (κ2) is 6.59. The first-order chi connectivity index (χ1) is 11.7. The highest BCUT2D eigenvalue weighted by atomic mass is 16.5. The molecule has 24 heavy (non-hydrogen) atoms. The van der Waals surface area contributed by atoms with Gasteiger partial charge in [-0.2, -0.15) is 0 Å². The number of amides is 2. The van der Waals surface area contributed by atoms with E-state index in [1.807, 2.05) is 4.90 Å². The minimum Gasteiger partial charge on any atom is -0.459 e. The van der Waals surface area contributed by atoms with Crippen LogP contribution in [-0.2, 0) is 9.53 Å². The molecule has 3 fully saturated rings. The first-order valence-electron chi connectivity index (χ1n) is 8.96. The van der Waals surface area contributed by atoms with Crippen LogP contribution < -0.4 is 0 Å². The summed E-state index contributed by atoms with van der Waals surface area (Å²) in [5, 5.41) is 0. The van der Waals surface area contributed by atoms with Gasteiger partial charge in [0.05, 0.1) is 12.3 Å². The van der Waals surface area contributed by atoms with Crippen molar-refractivity contribution in [1.29, 1.82) is 0 Å². The zero-order valence-corrected chi connectivity index (χ0v) is 13.9. The molecule has 6 nitrogen and oxygen atoms in total. The standard InChI is InChI=1S/C18H24N2O4/c21-17(13-3-4-13)20(14-6-10-23-11-7-14)15-5-8-19(12-15)18(22)16-2-1-9-24-16/h1-2,9,13-15H,3-8,10-12H2. The third-order valence-corrected chi connectivity index (χ3v) is 5.34. The Morgan fingerprint density at radius 1 is 1.08 bits per heavy atom. The zero-order chi connectivity index (χ0) is 16.5. The lowest BCUT2D eigenvalue weighted by atomic mass is 10.0. The Kier molecular flexibility index (Phi) is 4.31.